The van der Waals surface area contributed by atoms with Gasteiger partial charge in [0.15, 0.2) is 0 Å². The van der Waals surface area contributed by atoms with Crippen LogP contribution in [0.3, 0.4) is 0 Å². The summed E-state index contributed by atoms with van der Waals surface area (Å²) in [6.45, 7) is 5.17. The lowest BCUT2D eigenvalue weighted by molar-refractivity contribution is 0.113. The van der Waals surface area contributed by atoms with E-state index in [9.17, 15) is 4.79 Å². The highest BCUT2D eigenvalue weighted by molar-refractivity contribution is 7.09. The van der Waals surface area contributed by atoms with E-state index in [2.05, 4.69) is 53.0 Å². The summed E-state index contributed by atoms with van der Waals surface area (Å²) >= 11 is 1.84. The zero-order chi connectivity index (χ0) is 18.1. The highest BCUT2D eigenvalue weighted by atomic mass is 32.1. The molecule has 4 rings (SSSR count). The zero-order valence-corrected chi connectivity index (χ0v) is 16.3. The summed E-state index contributed by atoms with van der Waals surface area (Å²) in [5, 5.41) is 8.37. The van der Waals surface area contributed by atoms with Crippen LogP contribution < -0.4 is 10.6 Å². The summed E-state index contributed by atoms with van der Waals surface area (Å²) in [7, 11) is 0. The maximum absolute atomic E-state index is 12.4. The molecule has 26 heavy (non-hydrogen) atoms. The van der Waals surface area contributed by atoms with Crippen molar-refractivity contribution in [3.8, 4) is 0 Å². The minimum Gasteiger partial charge on any atom is -0.335 e. The maximum Gasteiger partial charge on any atom is 0.319 e. The number of fused-ring (bicyclic) bond motifs is 2. The van der Waals surface area contributed by atoms with Gasteiger partial charge in [-0.2, -0.15) is 0 Å². The van der Waals surface area contributed by atoms with Gasteiger partial charge in [0.2, 0.25) is 0 Å². The summed E-state index contributed by atoms with van der Waals surface area (Å²) in [4.78, 5) is 16.5. The van der Waals surface area contributed by atoms with Crippen molar-refractivity contribution in [2.75, 3.05) is 5.32 Å². The molecule has 2 N–H and O–H groups in total. The van der Waals surface area contributed by atoms with E-state index in [0.29, 0.717) is 12.1 Å². The first-order chi connectivity index (χ1) is 12.6. The van der Waals surface area contributed by atoms with E-state index in [1.807, 2.05) is 23.5 Å². The Hall–Kier alpha value is -1.85. The van der Waals surface area contributed by atoms with E-state index < -0.39 is 0 Å². The molecule has 1 aromatic carbocycles. The molecule has 0 saturated carbocycles. The molecule has 138 valence electrons. The number of hydrogen-bond acceptors (Lipinski definition) is 3. The van der Waals surface area contributed by atoms with Gasteiger partial charge in [0.25, 0.3) is 0 Å². The normalized spacial score (nSPS) is 25.2. The van der Waals surface area contributed by atoms with Crippen LogP contribution in [0.2, 0.25) is 0 Å². The highest BCUT2D eigenvalue weighted by Gasteiger charge is 2.41. The molecule has 3 atom stereocenters. The molecule has 0 radical (unpaired) electrons. The number of aryl methyl sites for hydroxylation is 2. The van der Waals surface area contributed by atoms with Crippen molar-refractivity contribution in [1.82, 2.24) is 10.2 Å². The second kappa shape index (κ2) is 7.41. The molecule has 2 bridgehead atoms. The van der Waals surface area contributed by atoms with Crippen LogP contribution >= 0.6 is 11.3 Å². The quantitative estimate of drug-likeness (QED) is 0.822. The molecule has 2 aromatic rings. The van der Waals surface area contributed by atoms with Crippen molar-refractivity contribution >= 4 is 23.1 Å². The molecular weight excluding hydrogens is 342 g/mol. The van der Waals surface area contributed by atoms with Gasteiger partial charge in [-0.05, 0) is 74.2 Å². The van der Waals surface area contributed by atoms with Gasteiger partial charge < -0.3 is 10.6 Å². The molecular formula is C21H27N3OS. The molecule has 2 saturated heterocycles. The highest BCUT2D eigenvalue weighted by Crippen LogP contribution is 2.37. The van der Waals surface area contributed by atoms with Gasteiger partial charge in [-0.25, -0.2) is 4.79 Å². The summed E-state index contributed by atoms with van der Waals surface area (Å²) in [5.74, 6) is 0. The Bertz CT molecular complexity index is 739. The van der Waals surface area contributed by atoms with E-state index in [1.165, 1.54) is 28.8 Å². The average molecular weight is 370 g/mol. The first-order valence-electron chi connectivity index (χ1n) is 9.51. The Kier molecular flexibility index (Phi) is 5.00. The second-order valence-corrected chi connectivity index (χ2v) is 8.81. The number of benzene rings is 1. The van der Waals surface area contributed by atoms with E-state index in [4.69, 9.17) is 0 Å². The Morgan fingerprint density at radius 2 is 1.85 bits per heavy atom. The third kappa shape index (κ3) is 3.94. The van der Waals surface area contributed by atoms with Gasteiger partial charge in [-0.3, -0.25) is 4.90 Å². The monoisotopic (exact) mass is 369 g/mol. The van der Waals surface area contributed by atoms with Crippen LogP contribution in [-0.2, 0) is 6.54 Å². The van der Waals surface area contributed by atoms with E-state index in [1.54, 1.807) is 0 Å². The van der Waals surface area contributed by atoms with Crippen LogP contribution in [0.4, 0.5) is 10.5 Å². The first kappa shape index (κ1) is 17.6. The van der Waals surface area contributed by atoms with Gasteiger partial charge in [0.05, 0.1) is 0 Å². The molecule has 2 aliphatic heterocycles. The molecule has 2 amide bonds. The molecule has 0 aliphatic carbocycles. The first-order valence-corrected chi connectivity index (χ1v) is 10.4. The molecule has 1 unspecified atom stereocenters. The lowest BCUT2D eigenvalue weighted by Crippen LogP contribution is -2.50. The van der Waals surface area contributed by atoms with Crippen molar-refractivity contribution < 1.29 is 4.79 Å². The Balaban J connectivity index is 1.33. The number of amides is 2. The molecule has 1 aromatic heterocycles. The fourth-order valence-electron chi connectivity index (χ4n) is 4.63. The van der Waals surface area contributed by atoms with Gasteiger partial charge >= 0.3 is 6.03 Å². The zero-order valence-electron chi connectivity index (χ0n) is 15.5. The SMILES string of the molecule is Cc1cc(C)cc(NC(=O)NC2C[C@H]3CC[C@@H](C2)N3Cc2cccs2)c1. The number of carbonyl (C=O) groups excluding carboxylic acids is 1. The Labute approximate surface area is 159 Å². The minimum atomic E-state index is -0.0777. The number of thiophene rings is 1. The summed E-state index contributed by atoms with van der Waals surface area (Å²) in [6, 6.07) is 11.9. The molecule has 4 nitrogen and oxygen atoms in total. The van der Waals surface area contributed by atoms with Crippen LogP contribution in [0.15, 0.2) is 35.7 Å². The summed E-state index contributed by atoms with van der Waals surface area (Å²) < 4.78 is 0. The molecule has 0 spiro atoms. The van der Waals surface area contributed by atoms with Crippen LogP contribution in [0.5, 0.6) is 0 Å². The van der Waals surface area contributed by atoms with Crippen molar-refractivity contribution in [2.45, 2.75) is 64.2 Å². The largest absolute Gasteiger partial charge is 0.335 e. The fourth-order valence-corrected chi connectivity index (χ4v) is 5.34. The third-order valence-electron chi connectivity index (χ3n) is 5.62. The fraction of sp³-hybridized carbons (Fsp3) is 0.476. The third-order valence-corrected chi connectivity index (χ3v) is 6.48. The van der Waals surface area contributed by atoms with Gasteiger partial charge in [0, 0.05) is 35.2 Å². The van der Waals surface area contributed by atoms with Crippen molar-refractivity contribution in [1.29, 1.82) is 0 Å². The van der Waals surface area contributed by atoms with E-state index in [0.717, 1.165) is 25.1 Å². The lowest BCUT2D eigenvalue weighted by Gasteiger charge is -2.39. The number of piperidine rings is 1. The number of hydrogen-bond donors (Lipinski definition) is 2. The number of urea groups is 1. The number of rotatable bonds is 4. The lowest BCUT2D eigenvalue weighted by atomic mass is 9.97. The van der Waals surface area contributed by atoms with E-state index >= 15 is 0 Å². The molecule has 2 fully saturated rings. The van der Waals surface area contributed by atoms with Crippen LogP contribution in [0.1, 0.15) is 41.7 Å². The average Bonchev–Trinajstić information content (AvgIpc) is 3.14. The minimum absolute atomic E-state index is 0.0777. The Morgan fingerprint density at radius 3 is 2.46 bits per heavy atom. The van der Waals surface area contributed by atoms with Crippen LogP contribution in [0, 0.1) is 13.8 Å². The predicted octanol–water partition coefficient (Wildman–Crippen LogP) is 4.68. The van der Waals surface area contributed by atoms with Gasteiger partial charge in [-0.1, -0.05) is 12.1 Å². The number of carbonyl (C=O) groups is 1. The smallest absolute Gasteiger partial charge is 0.319 e. The maximum atomic E-state index is 12.4. The van der Waals surface area contributed by atoms with Gasteiger partial charge in [0.1, 0.15) is 0 Å². The number of anilines is 1. The predicted molar refractivity (Wildman–Crippen MR) is 108 cm³/mol. The number of nitrogens with zero attached hydrogens (tertiary/aromatic N) is 1. The van der Waals surface area contributed by atoms with E-state index in [-0.39, 0.29) is 12.1 Å². The standard InChI is InChI=1S/C21H27N3OS/c1-14-8-15(2)10-16(9-14)22-21(25)23-17-11-18-5-6-19(12-17)24(18)13-20-4-3-7-26-20/h3-4,7-10,17-19H,5-6,11-13H2,1-2H3,(H2,22,23,25)/t17?,18-,19+. The Morgan fingerprint density at radius 1 is 1.15 bits per heavy atom. The second-order valence-electron chi connectivity index (χ2n) is 7.78. The topological polar surface area (TPSA) is 44.4 Å². The molecule has 2 aliphatic rings. The van der Waals surface area contributed by atoms with Crippen molar-refractivity contribution in [3.63, 3.8) is 0 Å². The van der Waals surface area contributed by atoms with Crippen LogP contribution in [0.25, 0.3) is 0 Å². The summed E-state index contributed by atoms with van der Waals surface area (Å²) in [6.07, 6.45) is 4.63. The van der Waals surface area contributed by atoms with Crippen molar-refractivity contribution in [2.24, 2.45) is 0 Å². The van der Waals surface area contributed by atoms with Crippen molar-refractivity contribution in [3.05, 3.63) is 51.7 Å². The number of nitrogens with one attached hydrogen (secondary N) is 2. The van der Waals surface area contributed by atoms with Crippen LogP contribution in [-0.4, -0.2) is 29.1 Å². The van der Waals surface area contributed by atoms with Gasteiger partial charge in [-0.15, -0.1) is 11.3 Å². The molecule has 5 heteroatoms. The summed E-state index contributed by atoms with van der Waals surface area (Å²) in [5.41, 5.74) is 3.21. The molecule has 3 heterocycles.